The van der Waals surface area contributed by atoms with Crippen molar-refractivity contribution in [3.63, 3.8) is 0 Å². The Morgan fingerprint density at radius 1 is 0.962 bits per heavy atom. The SMILES string of the molecule is Cc1cc(Nc2ccc(Cl)cc2)nc(Nc2ccccc2OC(C)C)n1. The largest absolute Gasteiger partial charge is 0.489 e. The summed E-state index contributed by atoms with van der Waals surface area (Å²) in [4.78, 5) is 9.01. The van der Waals surface area contributed by atoms with E-state index < -0.39 is 0 Å². The van der Waals surface area contributed by atoms with E-state index in [2.05, 4.69) is 20.6 Å². The Bertz CT molecular complexity index is 881. The van der Waals surface area contributed by atoms with E-state index in [0.29, 0.717) is 16.8 Å². The van der Waals surface area contributed by atoms with Crippen LogP contribution in [0, 0.1) is 6.92 Å². The van der Waals surface area contributed by atoms with Crippen molar-refractivity contribution >= 4 is 34.7 Å². The number of para-hydroxylation sites is 2. The van der Waals surface area contributed by atoms with Crippen molar-refractivity contribution < 1.29 is 4.74 Å². The maximum atomic E-state index is 5.93. The molecule has 0 aliphatic carbocycles. The molecule has 1 heterocycles. The number of nitrogens with one attached hydrogen (secondary N) is 2. The highest BCUT2D eigenvalue weighted by Crippen LogP contribution is 2.28. The first-order valence-electron chi connectivity index (χ1n) is 8.40. The number of aromatic nitrogens is 2. The van der Waals surface area contributed by atoms with Crippen LogP contribution in [0.3, 0.4) is 0 Å². The first-order chi connectivity index (χ1) is 12.5. The van der Waals surface area contributed by atoms with Crippen molar-refractivity contribution in [2.45, 2.75) is 26.9 Å². The van der Waals surface area contributed by atoms with Crippen molar-refractivity contribution in [3.8, 4) is 5.75 Å². The highest BCUT2D eigenvalue weighted by atomic mass is 35.5. The highest BCUT2D eigenvalue weighted by Gasteiger charge is 2.08. The summed E-state index contributed by atoms with van der Waals surface area (Å²) in [6.07, 6.45) is 0.0820. The van der Waals surface area contributed by atoms with Gasteiger partial charge in [0.1, 0.15) is 11.6 Å². The topological polar surface area (TPSA) is 59.1 Å². The first kappa shape index (κ1) is 18.0. The van der Waals surface area contributed by atoms with E-state index in [9.17, 15) is 0 Å². The van der Waals surface area contributed by atoms with Gasteiger partial charge in [0.15, 0.2) is 0 Å². The van der Waals surface area contributed by atoms with Gasteiger partial charge in [-0.25, -0.2) is 4.98 Å². The third-order valence-corrected chi connectivity index (χ3v) is 3.72. The van der Waals surface area contributed by atoms with Crippen LogP contribution in [0.25, 0.3) is 0 Å². The van der Waals surface area contributed by atoms with E-state index in [-0.39, 0.29) is 6.10 Å². The Kier molecular flexibility index (Phi) is 5.58. The van der Waals surface area contributed by atoms with E-state index >= 15 is 0 Å². The molecular weight excluding hydrogens is 348 g/mol. The average molecular weight is 369 g/mol. The van der Waals surface area contributed by atoms with E-state index in [1.54, 1.807) is 0 Å². The molecule has 0 saturated carbocycles. The second kappa shape index (κ2) is 8.06. The molecule has 0 aliphatic heterocycles. The second-order valence-electron chi connectivity index (χ2n) is 6.14. The molecule has 0 bridgehead atoms. The van der Waals surface area contributed by atoms with Crippen LogP contribution in [-0.4, -0.2) is 16.1 Å². The van der Waals surface area contributed by atoms with Crippen LogP contribution in [0.1, 0.15) is 19.5 Å². The number of ether oxygens (including phenoxy) is 1. The number of anilines is 4. The van der Waals surface area contributed by atoms with Crippen LogP contribution in [0.5, 0.6) is 5.75 Å². The molecule has 0 unspecified atom stereocenters. The van der Waals surface area contributed by atoms with Gasteiger partial charge >= 0.3 is 0 Å². The zero-order chi connectivity index (χ0) is 18.5. The monoisotopic (exact) mass is 368 g/mol. The van der Waals surface area contributed by atoms with Gasteiger partial charge in [-0.2, -0.15) is 4.98 Å². The molecule has 2 aromatic carbocycles. The minimum Gasteiger partial charge on any atom is -0.489 e. The number of hydrogen-bond acceptors (Lipinski definition) is 5. The van der Waals surface area contributed by atoms with Crippen molar-refractivity contribution in [3.05, 3.63) is 65.3 Å². The summed E-state index contributed by atoms with van der Waals surface area (Å²) in [7, 11) is 0. The van der Waals surface area contributed by atoms with E-state index in [1.165, 1.54) is 0 Å². The van der Waals surface area contributed by atoms with Gasteiger partial charge in [-0.1, -0.05) is 23.7 Å². The Hall–Kier alpha value is -2.79. The summed E-state index contributed by atoms with van der Waals surface area (Å²) in [5.41, 5.74) is 2.58. The lowest BCUT2D eigenvalue weighted by molar-refractivity contribution is 0.244. The van der Waals surface area contributed by atoms with Crippen LogP contribution in [0.4, 0.5) is 23.1 Å². The van der Waals surface area contributed by atoms with Crippen molar-refractivity contribution in [1.29, 1.82) is 0 Å². The van der Waals surface area contributed by atoms with Gasteiger partial charge in [0.05, 0.1) is 11.8 Å². The fourth-order valence-electron chi connectivity index (χ4n) is 2.42. The summed E-state index contributed by atoms with van der Waals surface area (Å²) >= 11 is 5.93. The van der Waals surface area contributed by atoms with E-state index in [0.717, 1.165) is 22.8 Å². The number of rotatable bonds is 6. The molecule has 134 valence electrons. The fraction of sp³-hybridized carbons (Fsp3) is 0.200. The molecule has 0 saturated heterocycles. The summed E-state index contributed by atoms with van der Waals surface area (Å²) in [5, 5.41) is 7.20. The first-order valence-corrected chi connectivity index (χ1v) is 8.78. The molecule has 0 atom stereocenters. The lowest BCUT2D eigenvalue weighted by Gasteiger charge is -2.15. The maximum Gasteiger partial charge on any atom is 0.229 e. The number of benzene rings is 2. The summed E-state index contributed by atoms with van der Waals surface area (Å²) in [6.45, 7) is 5.92. The van der Waals surface area contributed by atoms with Gasteiger partial charge in [-0.05, 0) is 57.2 Å². The molecule has 5 nitrogen and oxygen atoms in total. The van der Waals surface area contributed by atoms with Crippen LogP contribution < -0.4 is 15.4 Å². The minimum absolute atomic E-state index is 0.0820. The molecule has 0 amide bonds. The molecule has 1 aromatic heterocycles. The van der Waals surface area contributed by atoms with Gasteiger partial charge in [0.25, 0.3) is 0 Å². The van der Waals surface area contributed by atoms with Gasteiger partial charge in [0.2, 0.25) is 5.95 Å². The predicted octanol–water partition coefficient (Wildman–Crippen LogP) is 5.71. The Labute approximate surface area is 158 Å². The number of hydrogen-bond donors (Lipinski definition) is 2. The molecular formula is C20H21ClN4O. The molecule has 2 N–H and O–H groups in total. The smallest absolute Gasteiger partial charge is 0.229 e. The predicted molar refractivity (Wildman–Crippen MR) is 107 cm³/mol. The number of nitrogens with zero attached hydrogens (tertiary/aromatic N) is 2. The fourth-order valence-corrected chi connectivity index (χ4v) is 2.54. The molecule has 3 aromatic rings. The van der Waals surface area contributed by atoms with E-state index in [1.807, 2.05) is 75.4 Å². The molecule has 26 heavy (non-hydrogen) atoms. The van der Waals surface area contributed by atoms with Crippen LogP contribution in [-0.2, 0) is 0 Å². The van der Waals surface area contributed by atoms with Gasteiger partial charge in [-0.3, -0.25) is 0 Å². The third kappa shape index (κ3) is 4.86. The Morgan fingerprint density at radius 2 is 1.69 bits per heavy atom. The van der Waals surface area contributed by atoms with Gasteiger partial charge in [-0.15, -0.1) is 0 Å². The standard InChI is InChI=1S/C20H21ClN4O/c1-13(2)26-18-7-5-4-6-17(18)24-20-22-14(3)12-19(25-20)23-16-10-8-15(21)9-11-16/h4-13H,1-3H3,(H2,22,23,24,25). The normalized spacial score (nSPS) is 10.7. The molecule has 0 radical (unpaired) electrons. The van der Waals surface area contributed by atoms with Crippen LogP contribution in [0.2, 0.25) is 5.02 Å². The van der Waals surface area contributed by atoms with Crippen LogP contribution >= 0.6 is 11.6 Å². The average Bonchev–Trinajstić information content (AvgIpc) is 2.58. The van der Waals surface area contributed by atoms with Crippen LogP contribution in [0.15, 0.2) is 54.6 Å². The van der Waals surface area contributed by atoms with Crippen molar-refractivity contribution in [2.75, 3.05) is 10.6 Å². The number of halogens is 1. The molecule has 0 fully saturated rings. The maximum absolute atomic E-state index is 5.93. The third-order valence-electron chi connectivity index (χ3n) is 3.47. The molecule has 0 aliphatic rings. The second-order valence-corrected chi connectivity index (χ2v) is 6.57. The quantitative estimate of drug-likeness (QED) is 0.583. The van der Waals surface area contributed by atoms with Gasteiger partial charge in [0, 0.05) is 22.5 Å². The number of aryl methyl sites for hydroxylation is 1. The summed E-state index contributed by atoms with van der Waals surface area (Å²) in [5.74, 6) is 1.96. The zero-order valence-electron chi connectivity index (χ0n) is 15.0. The highest BCUT2D eigenvalue weighted by molar-refractivity contribution is 6.30. The Balaban J connectivity index is 1.83. The molecule has 3 rings (SSSR count). The van der Waals surface area contributed by atoms with Crippen molar-refractivity contribution in [1.82, 2.24) is 9.97 Å². The van der Waals surface area contributed by atoms with E-state index in [4.69, 9.17) is 16.3 Å². The van der Waals surface area contributed by atoms with Gasteiger partial charge < -0.3 is 15.4 Å². The molecule has 6 heteroatoms. The lowest BCUT2D eigenvalue weighted by atomic mass is 10.3. The zero-order valence-corrected chi connectivity index (χ0v) is 15.7. The van der Waals surface area contributed by atoms with Crippen molar-refractivity contribution in [2.24, 2.45) is 0 Å². The minimum atomic E-state index is 0.0820. The summed E-state index contributed by atoms with van der Waals surface area (Å²) in [6, 6.07) is 17.1. The summed E-state index contributed by atoms with van der Waals surface area (Å²) < 4.78 is 5.84. The Morgan fingerprint density at radius 3 is 2.42 bits per heavy atom. The molecule has 0 spiro atoms. The lowest BCUT2D eigenvalue weighted by Crippen LogP contribution is -2.08.